The van der Waals surface area contributed by atoms with Crippen LogP contribution in [0.25, 0.3) is 0 Å². The van der Waals surface area contributed by atoms with E-state index in [1.807, 2.05) is 0 Å². The average molecular weight is 563 g/mol. The first-order valence-corrected chi connectivity index (χ1v) is 15.5. The molecular weight excluding hydrogens is 496 g/mol. The molecule has 0 fully saturated rings. The Hall–Kier alpha value is 0.554. The van der Waals surface area contributed by atoms with Crippen LogP contribution in [0.4, 0.5) is 0 Å². The fourth-order valence-electron chi connectivity index (χ4n) is 3.22. The van der Waals surface area contributed by atoms with Crippen molar-refractivity contribution in [3.63, 3.8) is 0 Å². The van der Waals surface area contributed by atoms with Gasteiger partial charge in [0, 0.05) is 0 Å². The summed E-state index contributed by atoms with van der Waals surface area (Å²) < 4.78 is 0. The Labute approximate surface area is 249 Å². The molecule has 5 heteroatoms. The molecule has 0 aromatic carbocycles. The predicted octanol–water partition coefficient (Wildman–Crippen LogP) is 6.86. The summed E-state index contributed by atoms with van der Waals surface area (Å²) in [4.78, 5) is 0. The third-order valence-electron chi connectivity index (χ3n) is 6.17. The van der Waals surface area contributed by atoms with Crippen LogP contribution in [0.2, 0.25) is 0 Å². The van der Waals surface area contributed by atoms with Crippen molar-refractivity contribution < 1.29 is 42.1 Å². The Kier molecular flexibility index (Phi) is 55.8. The van der Waals surface area contributed by atoms with Gasteiger partial charge in [0.2, 0.25) is 0 Å². The Morgan fingerprint density at radius 1 is 0.405 bits per heavy atom. The second kappa shape index (κ2) is 43.6. The van der Waals surface area contributed by atoms with Crippen LogP contribution >= 0.6 is 0 Å². The van der Waals surface area contributed by atoms with Gasteiger partial charge in [0.1, 0.15) is 0 Å². The van der Waals surface area contributed by atoms with Crippen molar-refractivity contribution in [2.24, 2.45) is 11.8 Å². The molecule has 0 aromatic heterocycles. The van der Waals surface area contributed by atoms with Crippen molar-refractivity contribution in [1.82, 2.24) is 0 Å². The van der Waals surface area contributed by atoms with E-state index in [1.165, 1.54) is 89.9 Å². The normalized spacial score (nSPS) is 11.8. The fraction of sp³-hybridized carbons (Fsp3) is 0.938. The Morgan fingerprint density at radius 2 is 0.676 bits per heavy atom. The molecule has 0 aromatic rings. The zero-order valence-corrected chi connectivity index (χ0v) is 27.6. The smallest absolute Gasteiger partial charge is 0.865 e. The number of rotatable bonds is 20. The average Bonchev–Trinajstić information content (AvgIpc) is 2.86. The van der Waals surface area contributed by atoms with Crippen molar-refractivity contribution in [2.45, 2.75) is 183 Å². The zero-order valence-electron chi connectivity index (χ0n) is 26.0. The minimum atomic E-state index is -1.60. The van der Waals surface area contributed by atoms with Gasteiger partial charge in [0.25, 0.3) is 0 Å². The van der Waals surface area contributed by atoms with E-state index in [2.05, 4.69) is 55.4 Å². The minimum absolute atomic E-state index is 0. The van der Waals surface area contributed by atoms with Gasteiger partial charge >= 0.3 is 21.7 Å². The van der Waals surface area contributed by atoms with Gasteiger partial charge in [-0.15, -0.1) is 0 Å². The largest absolute Gasteiger partial charge is 4.00 e. The van der Waals surface area contributed by atoms with Gasteiger partial charge in [-0.25, -0.2) is 12.6 Å². The summed E-state index contributed by atoms with van der Waals surface area (Å²) in [6, 6.07) is 0. The van der Waals surface area contributed by atoms with Crippen molar-refractivity contribution >= 4 is 0 Å². The SMILES string of the molecule is CCCCCCCC([O-])[O-].CCCCCCCC([O-])[O-].[CH2-]C(CC)CCCC.[CH2-]C(CC)CCCC.[Ti+4]. The zero-order chi connectivity index (χ0) is 28.5. The molecule has 0 saturated heterocycles. The van der Waals surface area contributed by atoms with E-state index in [0.29, 0.717) is 24.7 Å². The van der Waals surface area contributed by atoms with Crippen LogP contribution in [0, 0.1) is 25.7 Å². The second-order valence-electron chi connectivity index (χ2n) is 10.1. The molecule has 4 nitrogen and oxygen atoms in total. The summed E-state index contributed by atoms with van der Waals surface area (Å²) in [5, 5.41) is 40.0. The maximum absolute atomic E-state index is 10.0. The van der Waals surface area contributed by atoms with Gasteiger partial charge in [-0.2, -0.15) is 11.8 Å². The summed E-state index contributed by atoms with van der Waals surface area (Å²) in [6.07, 6.45) is 18.8. The summed E-state index contributed by atoms with van der Waals surface area (Å²) in [5.41, 5.74) is 0. The standard InChI is InChI=1S/2C8H16O2.2C8H17.Ti/c2*1-2-3-4-5-6-7-8(9)10;2*1-4-6-7-8(3)5-2;/h2*8H,2-7H2,1H3;2*8H,3-7H2,1-2H3;/q2*-2;2*-1;+4. The van der Waals surface area contributed by atoms with Crippen molar-refractivity contribution in [1.29, 1.82) is 0 Å². The molecular formula is C32H66O4Ti-2. The first-order valence-electron chi connectivity index (χ1n) is 15.5. The molecule has 0 amide bonds. The topological polar surface area (TPSA) is 92.2 Å². The van der Waals surface area contributed by atoms with Crippen LogP contribution in [-0.4, -0.2) is 12.6 Å². The molecule has 0 saturated carbocycles. The second-order valence-corrected chi connectivity index (χ2v) is 10.1. The minimum Gasteiger partial charge on any atom is -0.865 e. The first-order chi connectivity index (χ1) is 17.2. The molecule has 2 unspecified atom stereocenters. The van der Waals surface area contributed by atoms with Gasteiger partial charge in [-0.3, -0.25) is 0 Å². The quantitative estimate of drug-likeness (QED) is 0.0701. The third-order valence-corrected chi connectivity index (χ3v) is 6.17. The van der Waals surface area contributed by atoms with Crippen LogP contribution in [-0.2, 0) is 21.7 Å². The predicted molar refractivity (Wildman–Crippen MR) is 152 cm³/mol. The van der Waals surface area contributed by atoms with E-state index in [9.17, 15) is 20.4 Å². The van der Waals surface area contributed by atoms with E-state index in [-0.39, 0.29) is 21.7 Å². The molecule has 224 valence electrons. The molecule has 0 spiro atoms. The monoisotopic (exact) mass is 562 g/mol. The molecule has 0 N–H and O–H groups in total. The Balaban J connectivity index is -0.000000123. The number of unbranched alkanes of at least 4 members (excludes halogenated alkanes) is 10. The fourth-order valence-corrected chi connectivity index (χ4v) is 3.22. The van der Waals surface area contributed by atoms with Crippen molar-refractivity contribution in [3.05, 3.63) is 13.8 Å². The molecule has 0 bridgehead atoms. The van der Waals surface area contributed by atoms with Crippen LogP contribution in [0.5, 0.6) is 0 Å². The van der Waals surface area contributed by atoms with Crippen molar-refractivity contribution in [2.75, 3.05) is 0 Å². The molecule has 0 heterocycles. The first kappa shape index (κ1) is 47.3. The van der Waals surface area contributed by atoms with Gasteiger partial charge in [-0.1, -0.05) is 170 Å². The molecule has 0 radical (unpaired) electrons. The summed E-state index contributed by atoms with van der Waals surface area (Å²) in [5.74, 6) is 1.41. The van der Waals surface area contributed by atoms with E-state index >= 15 is 0 Å². The number of hydrogen-bond acceptors (Lipinski definition) is 4. The van der Waals surface area contributed by atoms with Gasteiger partial charge in [0.05, 0.1) is 0 Å². The number of hydrogen-bond donors (Lipinski definition) is 0. The molecule has 0 aliphatic carbocycles. The van der Waals surface area contributed by atoms with E-state index in [0.717, 1.165) is 25.7 Å². The maximum Gasteiger partial charge on any atom is 4.00 e. The van der Waals surface area contributed by atoms with Crippen LogP contribution in [0.3, 0.4) is 0 Å². The van der Waals surface area contributed by atoms with Gasteiger partial charge in [-0.05, 0) is 0 Å². The van der Waals surface area contributed by atoms with Gasteiger partial charge < -0.3 is 34.3 Å². The maximum atomic E-state index is 10.0. The van der Waals surface area contributed by atoms with E-state index < -0.39 is 12.6 Å². The van der Waals surface area contributed by atoms with Crippen LogP contribution in [0.1, 0.15) is 170 Å². The molecule has 2 atom stereocenters. The summed E-state index contributed by atoms with van der Waals surface area (Å²) in [6.45, 7) is 21.1. The van der Waals surface area contributed by atoms with Crippen LogP contribution in [0.15, 0.2) is 0 Å². The van der Waals surface area contributed by atoms with E-state index in [4.69, 9.17) is 0 Å². The molecule has 37 heavy (non-hydrogen) atoms. The molecule has 0 aliphatic rings. The third kappa shape index (κ3) is 61.9. The van der Waals surface area contributed by atoms with Gasteiger partial charge in [0.15, 0.2) is 0 Å². The van der Waals surface area contributed by atoms with E-state index in [1.54, 1.807) is 0 Å². The summed E-state index contributed by atoms with van der Waals surface area (Å²) >= 11 is 0. The Bertz CT molecular complexity index is 309. The van der Waals surface area contributed by atoms with Crippen LogP contribution < -0.4 is 20.4 Å². The molecule has 0 rings (SSSR count). The molecule has 0 aliphatic heterocycles. The summed E-state index contributed by atoms with van der Waals surface area (Å²) in [7, 11) is 0. The van der Waals surface area contributed by atoms with Crippen molar-refractivity contribution in [3.8, 4) is 0 Å². The Morgan fingerprint density at radius 3 is 0.892 bits per heavy atom.